The second-order valence-corrected chi connectivity index (χ2v) is 4.20. The van der Waals surface area contributed by atoms with Gasteiger partial charge in [0.1, 0.15) is 0 Å². The maximum Gasteiger partial charge on any atom is 0.416 e. The van der Waals surface area contributed by atoms with Gasteiger partial charge in [-0.2, -0.15) is 13.2 Å². The van der Waals surface area contributed by atoms with Gasteiger partial charge in [0.2, 0.25) is 0 Å². The Morgan fingerprint density at radius 1 is 0.895 bits per heavy atom. The standard InChI is InChI=1S/C13H6ClF5/c14-10-5-4-7(13(17,18)19)6-9(10)8-2-1-3-11(15)12(8)16/h1-6H. The van der Waals surface area contributed by atoms with E-state index >= 15 is 0 Å². The first-order chi connectivity index (χ1) is 8.80. The summed E-state index contributed by atoms with van der Waals surface area (Å²) in [4.78, 5) is 0. The number of alkyl halides is 3. The van der Waals surface area contributed by atoms with Gasteiger partial charge in [-0.25, -0.2) is 8.78 Å². The van der Waals surface area contributed by atoms with Crippen LogP contribution in [0.4, 0.5) is 22.0 Å². The molecule has 0 aromatic heterocycles. The Labute approximate surface area is 110 Å². The van der Waals surface area contributed by atoms with E-state index < -0.39 is 23.4 Å². The Kier molecular flexibility index (Phi) is 3.49. The van der Waals surface area contributed by atoms with Crippen molar-refractivity contribution in [2.45, 2.75) is 6.18 Å². The third kappa shape index (κ3) is 2.71. The second kappa shape index (κ2) is 4.81. The minimum atomic E-state index is -4.58. The van der Waals surface area contributed by atoms with Crippen LogP contribution in [0.25, 0.3) is 11.1 Å². The summed E-state index contributed by atoms with van der Waals surface area (Å²) >= 11 is 5.75. The zero-order valence-corrected chi connectivity index (χ0v) is 9.99. The lowest BCUT2D eigenvalue weighted by Gasteiger charge is -2.11. The summed E-state index contributed by atoms with van der Waals surface area (Å²) < 4.78 is 64.4. The number of rotatable bonds is 1. The molecule has 0 aliphatic rings. The molecule has 0 radical (unpaired) electrons. The van der Waals surface area contributed by atoms with Gasteiger partial charge < -0.3 is 0 Å². The molecule has 0 heterocycles. The van der Waals surface area contributed by atoms with Gasteiger partial charge in [0.05, 0.1) is 5.56 Å². The Balaban J connectivity index is 2.65. The molecule has 0 amide bonds. The average Bonchev–Trinajstić information content (AvgIpc) is 2.32. The Hall–Kier alpha value is -1.62. The van der Waals surface area contributed by atoms with Gasteiger partial charge in [0.15, 0.2) is 11.6 Å². The largest absolute Gasteiger partial charge is 0.416 e. The maximum atomic E-state index is 13.6. The summed E-state index contributed by atoms with van der Waals surface area (Å²) in [6.45, 7) is 0. The first kappa shape index (κ1) is 13.8. The summed E-state index contributed by atoms with van der Waals surface area (Å²) in [6, 6.07) is 5.72. The molecule has 0 aliphatic carbocycles. The third-order valence-electron chi connectivity index (χ3n) is 2.54. The van der Waals surface area contributed by atoms with Crippen LogP contribution in [0.3, 0.4) is 0 Å². The zero-order valence-electron chi connectivity index (χ0n) is 9.23. The summed E-state index contributed by atoms with van der Waals surface area (Å²) in [5.41, 5.74) is -1.49. The molecule has 0 bridgehead atoms. The van der Waals surface area contributed by atoms with Crippen LogP contribution >= 0.6 is 11.6 Å². The van der Waals surface area contributed by atoms with Crippen molar-refractivity contribution in [1.82, 2.24) is 0 Å². The van der Waals surface area contributed by atoms with E-state index in [-0.39, 0.29) is 16.1 Å². The van der Waals surface area contributed by atoms with E-state index in [2.05, 4.69) is 0 Å². The van der Waals surface area contributed by atoms with E-state index in [0.29, 0.717) is 6.07 Å². The highest BCUT2D eigenvalue weighted by Crippen LogP contribution is 2.37. The lowest BCUT2D eigenvalue weighted by Crippen LogP contribution is -2.05. The summed E-state index contributed by atoms with van der Waals surface area (Å²) in [5, 5.41) is -0.0856. The third-order valence-corrected chi connectivity index (χ3v) is 2.87. The van der Waals surface area contributed by atoms with Crippen molar-refractivity contribution in [3.8, 4) is 11.1 Å². The molecule has 0 aliphatic heterocycles. The highest BCUT2D eigenvalue weighted by molar-refractivity contribution is 6.33. The van der Waals surface area contributed by atoms with Crippen molar-refractivity contribution in [3.05, 3.63) is 58.6 Å². The molecule has 19 heavy (non-hydrogen) atoms. The highest BCUT2D eigenvalue weighted by atomic mass is 35.5. The predicted octanol–water partition coefficient (Wildman–Crippen LogP) is 5.30. The Morgan fingerprint density at radius 2 is 1.58 bits per heavy atom. The van der Waals surface area contributed by atoms with Crippen molar-refractivity contribution in [2.24, 2.45) is 0 Å². The first-order valence-corrected chi connectivity index (χ1v) is 5.49. The molecule has 0 atom stereocenters. The van der Waals surface area contributed by atoms with Crippen LogP contribution in [0.15, 0.2) is 36.4 Å². The Bertz CT molecular complexity index is 619. The van der Waals surface area contributed by atoms with Crippen LogP contribution in [0, 0.1) is 11.6 Å². The van der Waals surface area contributed by atoms with Gasteiger partial charge in [-0.05, 0) is 24.3 Å². The number of halogens is 6. The van der Waals surface area contributed by atoms with Gasteiger partial charge in [-0.3, -0.25) is 0 Å². The molecular weight excluding hydrogens is 287 g/mol. The lowest BCUT2D eigenvalue weighted by atomic mass is 10.0. The van der Waals surface area contributed by atoms with Crippen molar-refractivity contribution >= 4 is 11.6 Å². The monoisotopic (exact) mass is 292 g/mol. The Morgan fingerprint density at radius 3 is 2.21 bits per heavy atom. The SMILES string of the molecule is Fc1cccc(-c2cc(C(F)(F)F)ccc2Cl)c1F. The molecule has 0 unspecified atom stereocenters. The molecule has 0 nitrogen and oxygen atoms in total. The van der Waals surface area contributed by atoms with E-state index in [4.69, 9.17) is 11.6 Å². The quantitative estimate of drug-likeness (QED) is 0.625. The summed E-state index contributed by atoms with van der Waals surface area (Å²) in [5.74, 6) is -2.38. The smallest absolute Gasteiger partial charge is 0.204 e. The molecule has 0 fully saturated rings. The number of hydrogen-bond acceptors (Lipinski definition) is 0. The van der Waals surface area contributed by atoms with Crippen LogP contribution in [0.2, 0.25) is 5.02 Å². The molecule has 0 N–H and O–H groups in total. The van der Waals surface area contributed by atoms with E-state index in [1.165, 1.54) is 12.1 Å². The number of hydrogen-bond donors (Lipinski definition) is 0. The molecular formula is C13H6ClF5. The zero-order chi connectivity index (χ0) is 14.2. The van der Waals surface area contributed by atoms with E-state index in [1.54, 1.807) is 0 Å². The summed E-state index contributed by atoms with van der Waals surface area (Å²) in [6.07, 6.45) is -4.58. The number of benzene rings is 2. The average molecular weight is 293 g/mol. The van der Waals surface area contributed by atoms with E-state index in [9.17, 15) is 22.0 Å². The second-order valence-electron chi connectivity index (χ2n) is 3.79. The first-order valence-electron chi connectivity index (χ1n) is 5.12. The van der Waals surface area contributed by atoms with Gasteiger partial charge in [-0.1, -0.05) is 23.7 Å². The molecule has 2 aromatic rings. The lowest BCUT2D eigenvalue weighted by molar-refractivity contribution is -0.137. The van der Waals surface area contributed by atoms with Crippen molar-refractivity contribution in [2.75, 3.05) is 0 Å². The highest BCUT2D eigenvalue weighted by Gasteiger charge is 2.31. The van der Waals surface area contributed by atoms with Gasteiger partial charge >= 0.3 is 6.18 Å². The topological polar surface area (TPSA) is 0 Å². The molecule has 2 rings (SSSR count). The molecule has 6 heteroatoms. The van der Waals surface area contributed by atoms with Gasteiger partial charge in [-0.15, -0.1) is 0 Å². The molecule has 0 saturated carbocycles. The molecule has 2 aromatic carbocycles. The van der Waals surface area contributed by atoms with Crippen molar-refractivity contribution < 1.29 is 22.0 Å². The van der Waals surface area contributed by atoms with E-state index in [0.717, 1.165) is 18.2 Å². The van der Waals surface area contributed by atoms with Crippen LogP contribution < -0.4 is 0 Å². The van der Waals surface area contributed by atoms with Crippen LogP contribution in [-0.4, -0.2) is 0 Å². The predicted molar refractivity (Wildman–Crippen MR) is 61.8 cm³/mol. The fraction of sp³-hybridized carbons (Fsp3) is 0.0769. The van der Waals surface area contributed by atoms with Crippen molar-refractivity contribution in [3.63, 3.8) is 0 Å². The maximum absolute atomic E-state index is 13.6. The van der Waals surface area contributed by atoms with Crippen molar-refractivity contribution in [1.29, 1.82) is 0 Å². The minimum absolute atomic E-state index is 0.0856. The van der Waals surface area contributed by atoms with E-state index in [1.807, 2.05) is 0 Å². The molecule has 100 valence electrons. The minimum Gasteiger partial charge on any atom is -0.204 e. The normalized spacial score (nSPS) is 11.7. The van der Waals surface area contributed by atoms with Crippen LogP contribution in [0.5, 0.6) is 0 Å². The molecule has 0 saturated heterocycles. The van der Waals surface area contributed by atoms with Gasteiger partial charge in [0, 0.05) is 16.1 Å². The summed E-state index contributed by atoms with van der Waals surface area (Å²) in [7, 11) is 0. The van der Waals surface area contributed by atoms with Gasteiger partial charge in [0.25, 0.3) is 0 Å². The van der Waals surface area contributed by atoms with Crippen LogP contribution in [-0.2, 0) is 6.18 Å². The fourth-order valence-corrected chi connectivity index (χ4v) is 1.84. The molecule has 0 spiro atoms. The fourth-order valence-electron chi connectivity index (χ4n) is 1.62. The van der Waals surface area contributed by atoms with Crippen LogP contribution in [0.1, 0.15) is 5.56 Å².